The molecule has 1 atom stereocenters. The molecule has 1 amide bonds. The Bertz CT molecular complexity index is 684. The average molecular weight is 341 g/mol. The first-order valence-electron chi connectivity index (χ1n) is 9.02. The number of hydrogen-bond acceptors (Lipinski definition) is 4. The Labute approximate surface area is 149 Å². The highest BCUT2D eigenvalue weighted by Gasteiger charge is 2.29. The van der Waals surface area contributed by atoms with Crippen LogP contribution in [-0.2, 0) is 11.3 Å². The van der Waals surface area contributed by atoms with E-state index in [-0.39, 0.29) is 11.9 Å². The third kappa shape index (κ3) is 4.45. The molecule has 0 saturated carbocycles. The second kappa shape index (κ2) is 8.25. The molecule has 25 heavy (non-hydrogen) atoms. The number of nitrogens with one attached hydrogen (secondary N) is 1. The van der Waals surface area contributed by atoms with Crippen LogP contribution in [0.1, 0.15) is 48.5 Å². The lowest BCUT2D eigenvalue weighted by molar-refractivity contribution is -0.135. The third-order valence-corrected chi connectivity index (χ3v) is 4.91. The number of likely N-dealkylation sites (tertiary alicyclic amines) is 1. The summed E-state index contributed by atoms with van der Waals surface area (Å²) in [5, 5.41) is 7.23. The smallest absolute Gasteiger partial charge is 0.224 e. The number of carbonyl (C=O) groups excluding carboxylic acids is 1. The Kier molecular flexibility index (Phi) is 5.81. The van der Waals surface area contributed by atoms with E-state index in [0.717, 1.165) is 50.2 Å². The molecule has 2 aromatic heterocycles. The van der Waals surface area contributed by atoms with E-state index in [1.54, 1.807) is 6.20 Å². The van der Waals surface area contributed by atoms with Crippen LogP contribution >= 0.6 is 0 Å². The number of rotatable bonds is 6. The molecule has 0 spiro atoms. The maximum Gasteiger partial charge on any atom is 0.224 e. The highest BCUT2D eigenvalue weighted by Crippen LogP contribution is 2.31. The van der Waals surface area contributed by atoms with Gasteiger partial charge >= 0.3 is 0 Å². The van der Waals surface area contributed by atoms with Crippen molar-refractivity contribution < 1.29 is 4.79 Å². The summed E-state index contributed by atoms with van der Waals surface area (Å²) in [6, 6.07) is 4.15. The van der Waals surface area contributed by atoms with Crippen LogP contribution in [0.3, 0.4) is 0 Å². The highest BCUT2D eigenvalue weighted by atomic mass is 16.2. The molecule has 1 fully saturated rings. The Hall–Kier alpha value is -2.21. The molecular formula is C19H27N5O. The van der Waals surface area contributed by atoms with Crippen molar-refractivity contribution in [3.05, 3.63) is 47.5 Å². The van der Waals surface area contributed by atoms with Gasteiger partial charge in [0.25, 0.3) is 0 Å². The fourth-order valence-electron chi connectivity index (χ4n) is 3.54. The Morgan fingerprint density at radius 2 is 2.28 bits per heavy atom. The molecule has 3 rings (SSSR count). The monoisotopic (exact) mass is 341 g/mol. The first kappa shape index (κ1) is 17.6. The van der Waals surface area contributed by atoms with Crippen molar-refractivity contribution in [2.75, 3.05) is 20.1 Å². The second-order valence-electron chi connectivity index (χ2n) is 6.91. The molecule has 1 saturated heterocycles. The van der Waals surface area contributed by atoms with Crippen LogP contribution in [0.4, 0.5) is 0 Å². The lowest BCUT2D eigenvalue weighted by atomic mass is 9.97. The van der Waals surface area contributed by atoms with E-state index in [1.807, 2.05) is 30.4 Å². The van der Waals surface area contributed by atoms with Crippen molar-refractivity contribution in [2.45, 2.75) is 45.2 Å². The molecule has 3 heterocycles. The Morgan fingerprint density at radius 3 is 3.00 bits per heavy atom. The number of aromatic amines is 1. The van der Waals surface area contributed by atoms with Crippen molar-refractivity contribution >= 4 is 5.91 Å². The maximum absolute atomic E-state index is 12.8. The van der Waals surface area contributed by atoms with Crippen LogP contribution in [0.15, 0.2) is 30.7 Å². The van der Waals surface area contributed by atoms with E-state index in [2.05, 4.69) is 33.1 Å². The van der Waals surface area contributed by atoms with Gasteiger partial charge in [-0.2, -0.15) is 5.10 Å². The lowest BCUT2D eigenvalue weighted by Gasteiger charge is -2.36. The van der Waals surface area contributed by atoms with Crippen LogP contribution in [0, 0.1) is 6.92 Å². The fourth-order valence-corrected chi connectivity index (χ4v) is 3.54. The van der Waals surface area contributed by atoms with Gasteiger partial charge in [-0.25, -0.2) is 0 Å². The van der Waals surface area contributed by atoms with Gasteiger partial charge in [-0.05, 0) is 50.4 Å². The summed E-state index contributed by atoms with van der Waals surface area (Å²) in [4.78, 5) is 21.2. The van der Waals surface area contributed by atoms with Crippen molar-refractivity contribution in [3.8, 4) is 0 Å². The van der Waals surface area contributed by atoms with Crippen LogP contribution < -0.4 is 0 Å². The summed E-state index contributed by atoms with van der Waals surface area (Å²) in [5.74, 6) is 0.233. The third-order valence-electron chi connectivity index (χ3n) is 4.91. The highest BCUT2D eigenvalue weighted by molar-refractivity contribution is 5.77. The van der Waals surface area contributed by atoms with Crippen molar-refractivity contribution in [2.24, 2.45) is 0 Å². The molecule has 6 heteroatoms. The number of pyridine rings is 1. The molecule has 1 aliphatic heterocycles. The summed E-state index contributed by atoms with van der Waals surface area (Å²) < 4.78 is 0. The largest absolute Gasteiger partial charge is 0.334 e. The first-order valence-corrected chi connectivity index (χ1v) is 9.02. The molecule has 1 aliphatic rings. The van der Waals surface area contributed by atoms with E-state index in [0.29, 0.717) is 6.42 Å². The molecule has 6 nitrogen and oxygen atoms in total. The summed E-state index contributed by atoms with van der Waals surface area (Å²) in [5.41, 5.74) is 3.40. The zero-order chi connectivity index (χ0) is 17.6. The predicted octanol–water partition coefficient (Wildman–Crippen LogP) is 2.69. The maximum atomic E-state index is 12.8. The van der Waals surface area contributed by atoms with E-state index in [4.69, 9.17) is 0 Å². The SMILES string of the molecule is Cc1cn[nH]c1[C@@H]1CCCCN1C(=O)CCN(C)Cc1cccnc1. The molecule has 0 radical (unpaired) electrons. The average Bonchev–Trinajstić information content (AvgIpc) is 3.06. The first-order chi connectivity index (χ1) is 12.1. The molecule has 0 unspecified atom stereocenters. The van der Waals surface area contributed by atoms with Crippen LogP contribution in [0.2, 0.25) is 0 Å². The zero-order valence-electron chi connectivity index (χ0n) is 15.1. The van der Waals surface area contributed by atoms with Crippen molar-refractivity contribution in [3.63, 3.8) is 0 Å². The number of hydrogen-bond donors (Lipinski definition) is 1. The molecular weight excluding hydrogens is 314 g/mol. The van der Waals surface area contributed by atoms with E-state index in [1.165, 1.54) is 5.56 Å². The molecule has 1 N–H and O–H groups in total. The number of amides is 1. The lowest BCUT2D eigenvalue weighted by Crippen LogP contribution is -2.40. The van der Waals surface area contributed by atoms with Gasteiger partial charge in [0.05, 0.1) is 17.9 Å². The van der Waals surface area contributed by atoms with E-state index < -0.39 is 0 Å². The number of aromatic nitrogens is 3. The topological polar surface area (TPSA) is 65.1 Å². The van der Waals surface area contributed by atoms with Gasteiger partial charge in [-0.15, -0.1) is 0 Å². The van der Waals surface area contributed by atoms with Crippen LogP contribution in [-0.4, -0.2) is 51.0 Å². The summed E-state index contributed by atoms with van der Waals surface area (Å²) in [7, 11) is 2.05. The van der Waals surface area contributed by atoms with E-state index in [9.17, 15) is 4.79 Å². The van der Waals surface area contributed by atoms with Crippen LogP contribution in [0.5, 0.6) is 0 Å². The van der Waals surface area contributed by atoms with E-state index >= 15 is 0 Å². The van der Waals surface area contributed by atoms with Gasteiger partial charge in [0.15, 0.2) is 0 Å². The molecule has 134 valence electrons. The normalized spacial score (nSPS) is 17.9. The number of piperidine rings is 1. The predicted molar refractivity (Wildman–Crippen MR) is 96.8 cm³/mol. The van der Waals surface area contributed by atoms with Crippen molar-refractivity contribution in [1.82, 2.24) is 25.0 Å². The Balaban J connectivity index is 1.56. The quantitative estimate of drug-likeness (QED) is 0.877. The number of H-pyrrole nitrogens is 1. The zero-order valence-corrected chi connectivity index (χ0v) is 15.1. The number of aryl methyl sites for hydroxylation is 1. The van der Waals surface area contributed by atoms with Crippen molar-refractivity contribution in [1.29, 1.82) is 0 Å². The van der Waals surface area contributed by atoms with Gasteiger partial charge < -0.3 is 9.80 Å². The standard InChI is InChI=1S/C19H27N5O/c1-15-12-21-22-19(15)17-7-3-4-10-24(17)18(25)8-11-23(2)14-16-6-5-9-20-13-16/h5-6,9,12-13,17H,3-4,7-8,10-11,14H2,1-2H3,(H,21,22)/t17-/m0/s1. The minimum absolute atomic E-state index is 0.146. The van der Waals surface area contributed by atoms with Gasteiger partial charge in [0.1, 0.15) is 0 Å². The number of carbonyl (C=O) groups is 1. The minimum Gasteiger partial charge on any atom is -0.334 e. The molecule has 0 aliphatic carbocycles. The molecule has 2 aromatic rings. The molecule has 0 bridgehead atoms. The number of nitrogens with zero attached hydrogens (tertiary/aromatic N) is 4. The van der Waals surface area contributed by atoms with Gasteiger partial charge in [0, 0.05) is 38.4 Å². The molecule has 0 aromatic carbocycles. The van der Waals surface area contributed by atoms with Gasteiger partial charge in [-0.1, -0.05) is 6.07 Å². The Morgan fingerprint density at radius 1 is 1.40 bits per heavy atom. The summed E-state index contributed by atoms with van der Waals surface area (Å²) in [6.07, 6.45) is 9.30. The summed E-state index contributed by atoms with van der Waals surface area (Å²) in [6.45, 7) is 4.45. The summed E-state index contributed by atoms with van der Waals surface area (Å²) >= 11 is 0. The van der Waals surface area contributed by atoms with Crippen LogP contribution in [0.25, 0.3) is 0 Å². The van der Waals surface area contributed by atoms with Gasteiger partial charge in [0.2, 0.25) is 5.91 Å². The minimum atomic E-state index is 0.146. The fraction of sp³-hybridized carbons (Fsp3) is 0.526. The second-order valence-corrected chi connectivity index (χ2v) is 6.91. The van der Waals surface area contributed by atoms with Gasteiger partial charge in [-0.3, -0.25) is 14.9 Å².